The molecule has 0 saturated heterocycles. The fraction of sp³-hybridized carbons (Fsp3) is 0.438. The first kappa shape index (κ1) is 12.3. The lowest BCUT2D eigenvalue weighted by atomic mass is 10.1. The molecule has 1 aliphatic carbocycles. The molecule has 0 unspecified atom stereocenters. The minimum atomic E-state index is 0.133. The van der Waals surface area contributed by atoms with Crippen molar-refractivity contribution in [2.75, 3.05) is 5.32 Å². The van der Waals surface area contributed by atoms with E-state index in [1.54, 1.807) is 0 Å². The summed E-state index contributed by atoms with van der Waals surface area (Å²) >= 11 is 0. The van der Waals surface area contributed by atoms with E-state index in [9.17, 15) is 4.79 Å². The van der Waals surface area contributed by atoms with Crippen LogP contribution in [0.5, 0.6) is 0 Å². The molecule has 1 heterocycles. The summed E-state index contributed by atoms with van der Waals surface area (Å²) in [4.78, 5) is 15.3. The highest BCUT2D eigenvalue weighted by Crippen LogP contribution is 2.34. The maximum absolute atomic E-state index is 12.0. The molecule has 0 atom stereocenters. The minimum Gasteiger partial charge on any atom is -0.357 e. The molecule has 1 aromatic heterocycles. The monoisotopic (exact) mass is 256 g/mol. The normalized spacial score (nSPS) is 14.8. The number of rotatable bonds is 5. The maximum atomic E-state index is 12.0. The number of aromatic amines is 1. The number of benzene rings is 1. The summed E-state index contributed by atoms with van der Waals surface area (Å²) in [6, 6.07) is 8.07. The van der Waals surface area contributed by atoms with E-state index in [-0.39, 0.29) is 5.91 Å². The van der Waals surface area contributed by atoms with Crippen molar-refractivity contribution in [1.29, 1.82) is 0 Å². The van der Waals surface area contributed by atoms with Gasteiger partial charge in [-0.15, -0.1) is 0 Å². The van der Waals surface area contributed by atoms with E-state index in [1.807, 2.05) is 31.2 Å². The molecule has 3 rings (SSSR count). The summed E-state index contributed by atoms with van der Waals surface area (Å²) < 4.78 is 0. The number of carbonyl (C=O) groups excluding carboxylic acids is 1. The Balaban J connectivity index is 1.66. The zero-order chi connectivity index (χ0) is 13.2. The molecule has 2 aromatic rings. The largest absolute Gasteiger partial charge is 0.357 e. The summed E-state index contributed by atoms with van der Waals surface area (Å²) in [6.45, 7) is 2.00. The number of nitrogens with one attached hydrogen (secondary N) is 2. The van der Waals surface area contributed by atoms with E-state index in [4.69, 9.17) is 0 Å². The number of anilines is 1. The Kier molecular flexibility index (Phi) is 3.28. The molecular formula is C16H20N2O. The van der Waals surface area contributed by atoms with Gasteiger partial charge in [0.2, 0.25) is 5.91 Å². The summed E-state index contributed by atoms with van der Waals surface area (Å²) in [5, 5.41) is 4.15. The van der Waals surface area contributed by atoms with Crippen LogP contribution in [0.15, 0.2) is 24.3 Å². The molecule has 0 aliphatic heterocycles. The first-order valence-electron chi connectivity index (χ1n) is 7.11. The van der Waals surface area contributed by atoms with Crippen molar-refractivity contribution < 1.29 is 4.79 Å². The Morgan fingerprint density at radius 1 is 1.37 bits per heavy atom. The van der Waals surface area contributed by atoms with Crippen LogP contribution in [-0.4, -0.2) is 10.9 Å². The molecule has 3 heteroatoms. The van der Waals surface area contributed by atoms with Gasteiger partial charge in [-0.25, -0.2) is 0 Å². The average Bonchev–Trinajstić information content (AvgIpc) is 3.16. The van der Waals surface area contributed by atoms with Crippen molar-refractivity contribution in [2.45, 2.75) is 39.0 Å². The van der Waals surface area contributed by atoms with Gasteiger partial charge in [-0.1, -0.05) is 31.0 Å². The van der Waals surface area contributed by atoms with E-state index in [1.165, 1.54) is 19.3 Å². The molecule has 100 valence electrons. The fourth-order valence-corrected chi connectivity index (χ4v) is 2.60. The average molecular weight is 256 g/mol. The number of amides is 1. The second-order valence-electron chi connectivity index (χ2n) is 5.55. The van der Waals surface area contributed by atoms with Gasteiger partial charge in [-0.05, 0) is 31.7 Å². The number of aromatic nitrogens is 1. The van der Waals surface area contributed by atoms with Crippen LogP contribution in [0.4, 0.5) is 5.69 Å². The van der Waals surface area contributed by atoms with Gasteiger partial charge >= 0.3 is 0 Å². The van der Waals surface area contributed by atoms with Gasteiger partial charge in [-0.3, -0.25) is 4.79 Å². The Hall–Kier alpha value is -1.77. The standard InChI is InChI=1S/C16H20N2O/c1-11-16(13-6-2-3-7-14(13)17-11)18-15(19)8-4-5-12-9-10-12/h2-3,6-7,12,17H,4-5,8-10H2,1H3,(H,18,19). The highest BCUT2D eigenvalue weighted by molar-refractivity contribution is 6.02. The SMILES string of the molecule is Cc1[nH]c2ccccc2c1NC(=O)CCCC1CC1. The van der Waals surface area contributed by atoms with Crippen LogP contribution in [0.25, 0.3) is 10.9 Å². The Morgan fingerprint density at radius 2 is 2.16 bits per heavy atom. The van der Waals surface area contributed by atoms with Crippen molar-refractivity contribution in [3.8, 4) is 0 Å². The zero-order valence-electron chi connectivity index (χ0n) is 11.3. The molecule has 2 N–H and O–H groups in total. The molecule has 0 bridgehead atoms. The number of H-pyrrole nitrogens is 1. The highest BCUT2D eigenvalue weighted by atomic mass is 16.1. The number of hydrogen-bond donors (Lipinski definition) is 2. The third-order valence-electron chi connectivity index (χ3n) is 3.87. The summed E-state index contributed by atoms with van der Waals surface area (Å²) in [6.07, 6.45) is 5.58. The van der Waals surface area contributed by atoms with Crippen LogP contribution in [0.2, 0.25) is 0 Å². The molecule has 19 heavy (non-hydrogen) atoms. The number of fused-ring (bicyclic) bond motifs is 1. The zero-order valence-corrected chi connectivity index (χ0v) is 11.3. The number of aryl methyl sites for hydroxylation is 1. The smallest absolute Gasteiger partial charge is 0.224 e. The highest BCUT2D eigenvalue weighted by Gasteiger charge is 2.20. The molecule has 3 nitrogen and oxygen atoms in total. The number of carbonyl (C=O) groups is 1. The van der Waals surface area contributed by atoms with E-state index in [0.29, 0.717) is 6.42 Å². The summed E-state index contributed by atoms with van der Waals surface area (Å²) in [5.41, 5.74) is 3.04. The van der Waals surface area contributed by atoms with Crippen LogP contribution in [-0.2, 0) is 4.79 Å². The van der Waals surface area contributed by atoms with Crippen LogP contribution in [0.3, 0.4) is 0 Å². The van der Waals surface area contributed by atoms with Gasteiger partial charge in [-0.2, -0.15) is 0 Å². The minimum absolute atomic E-state index is 0.133. The van der Waals surface area contributed by atoms with E-state index in [0.717, 1.165) is 34.6 Å². The first-order chi connectivity index (χ1) is 9.24. The molecule has 1 amide bonds. The molecular weight excluding hydrogens is 236 g/mol. The van der Waals surface area contributed by atoms with Gasteiger partial charge in [0.25, 0.3) is 0 Å². The van der Waals surface area contributed by atoms with Gasteiger partial charge in [0.1, 0.15) is 0 Å². The molecule has 1 saturated carbocycles. The van der Waals surface area contributed by atoms with Crippen molar-refractivity contribution >= 4 is 22.5 Å². The lowest BCUT2D eigenvalue weighted by Gasteiger charge is -2.05. The van der Waals surface area contributed by atoms with Gasteiger partial charge in [0.05, 0.1) is 5.69 Å². The van der Waals surface area contributed by atoms with Gasteiger partial charge in [0.15, 0.2) is 0 Å². The second-order valence-corrected chi connectivity index (χ2v) is 5.55. The van der Waals surface area contributed by atoms with Crippen LogP contribution >= 0.6 is 0 Å². The van der Waals surface area contributed by atoms with Crippen molar-refractivity contribution in [2.24, 2.45) is 5.92 Å². The summed E-state index contributed by atoms with van der Waals surface area (Å²) in [7, 11) is 0. The van der Waals surface area contributed by atoms with Gasteiger partial charge < -0.3 is 10.3 Å². The molecule has 0 radical (unpaired) electrons. The van der Waals surface area contributed by atoms with Gasteiger partial charge in [0, 0.05) is 23.0 Å². The lowest BCUT2D eigenvalue weighted by molar-refractivity contribution is -0.116. The number of hydrogen-bond acceptors (Lipinski definition) is 1. The van der Waals surface area contributed by atoms with E-state index in [2.05, 4.69) is 10.3 Å². The predicted molar refractivity (Wildman–Crippen MR) is 78.2 cm³/mol. The van der Waals surface area contributed by atoms with E-state index < -0.39 is 0 Å². The molecule has 0 spiro atoms. The van der Waals surface area contributed by atoms with Crippen molar-refractivity contribution in [3.05, 3.63) is 30.0 Å². The third kappa shape index (κ3) is 2.80. The Morgan fingerprint density at radius 3 is 2.95 bits per heavy atom. The third-order valence-corrected chi connectivity index (χ3v) is 3.87. The topological polar surface area (TPSA) is 44.9 Å². The maximum Gasteiger partial charge on any atom is 0.224 e. The second kappa shape index (κ2) is 5.08. The Bertz CT molecular complexity index is 596. The van der Waals surface area contributed by atoms with E-state index >= 15 is 0 Å². The lowest BCUT2D eigenvalue weighted by Crippen LogP contribution is -2.11. The quantitative estimate of drug-likeness (QED) is 0.834. The Labute approximate surface area is 113 Å². The molecule has 1 aromatic carbocycles. The molecule has 1 fully saturated rings. The van der Waals surface area contributed by atoms with Crippen molar-refractivity contribution in [1.82, 2.24) is 4.98 Å². The summed E-state index contributed by atoms with van der Waals surface area (Å²) in [5.74, 6) is 1.04. The van der Waals surface area contributed by atoms with Crippen molar-refractivity contribution in [3.63, 3.8) is 0 Å². The number of para-hydroxylation sites is 1. The predicted octanol–water partition coefficient (Wildman–Crippen LogP) is 4.00. The van der Waals surface area contributed by atoms with Crippen LogP contribution < -0.4 is 5.32 Å². The first-order valence-corrected chi connectivity index (χ1v) is 7.11. The fourth-order valence-electron chi connectivity index (χ4n) is 2.60. The molecule has 1 aliphatic rings. The van der Waals surface area contributed by atoms with Crippen LogP contribution in [0, 0.1) is 12.8 Å². The van der Waals surface area contributed by atoms with Crippen LogP contribution in [0.1, 0.15) is 37.8 Å².